The molecule has 7 heteroatoms. The van der Waals surface area contributed by atoms with Crippen LogP contribution in [0.3, 0.4) is 0 Å². The zero-order valence-corrected chi connectivity index (χ0v) is 15.1. The Labute approximate surface area is 152 Å². The van der Waals surface area contributed by atoms with Crippen molar-refractivity contribution in [2.45, 2.75) is 19.8 Å². The summed E-state index contributed by atoms with van der Waals surface area (Å²) < 4.78 is 26.3. The molecule has 0 heterocycles. The number of rotatable bonds is 8. The minimum atomic E-state index is -1.31. The summed E-state index contributed by atoms with van der Waals surface area (Å²) in [6, 6.07) is 10.1. The quantitative estimate of drug-likeness (QED) is 0.571. The van der Waals surface area contributed by atoms with Gasteiger partial charge in [0.25, 0.3) is 0 Å². The molecule has 0 aliphatic rings. The SMILES string of the molecule is COc1cc(OC)c(C(O)Oc2ccc(COC(C)=O)cc2)c(OC)c1. The summed E-state index contributed by atoms with van der Waals surface area (Å²) >= 11 is 0. The summed E-state index contributed by atoms with van der Waals surface area (Å²) in [7, 11) is 4.49. The van der Waals surface area contributed by atoms with Crippen molar-refractivity contribution in [1.82, 2.24) is 0 Å². The van der Waals surface area contributed by atoms with E-state index in [1.807, 2.05) is 0 Å². The van der Waals surface area contributed by atoms with Gasteiger partial charge in [0, 0.05) is 19.1 Å². The molecule has 2 rings (SSSR count). The Morgan fingerprint density at radius 1 is 0.962 bits per heavy atom. The number of aliphatic hydroxyl groups excluding tert-OH is 1. The Balaban J connectivity index is 2.19. The number of hydrogen-bond acceptors (Lipinski definition) is 7. The van der Waals surface area contributed by atoms with E-state index in [0.29, 0.717) is 28.6 Å². The third-order valence-electron chi connectivity index (χ3n) is 3.61. The third-order valence-corrected chi connectivity index (χ3v) is 3.61. The van der Waals surface area contributed by atoms with Crippen molar-refractivity contribution in [3.8, 4) is 23.0 Å². The minimum Gasteiger partial charge on any atom is -0.496 e. The number of benzene rings is 2. The topological polar surface area (TPSA) is 83.5 Å². The van der Waals surface area contributed by atoms with E-state index in [9.17, 15) is 9.90 Å². The zero-order chi connectivity index (χ0) is 19.1. The van der Waals surface area contributed by atoms with E-state index in [4.69, 9.17) is 23.7 Å². The Hall–Kier alpha value is -2.93. The van der Waals surface area contributed by atoms with E-state index in [2.05, 4.69) is 0 Å². The standard InChI is InChI=1S/C19H22O7/c1-12(20)25-11-13-5-7-14(8-6-13)26-19(21)18-16(23-3)9-15(22-2)10-17(18)24-4/h5-10,19,21H,11H2,1-4H3. The van der Waals surface area contributed by atoms with Crippen LogP contribution in [-0.2, 0) is 16.1 Å². The molecule has 0 aliphatic carbocycles. The summed E-state index contributed by atoms with van der Waals surface area (Å²) in [4.78, 5) is 10.8. The van der Waals surface area contributed by atoms with Crippen LogP contribution in [0.2, 0.25) is 0 Å². The van der Waals surface area contributed by atoms with Crippen LogP contribution in [-0.4, -0.2) is 32.4 Å². The van der Waals surface area contributed by atoms with Crippen LogP contribution in [0.1, 0.15) is 24.3 Å². The normalized spacial score (nSPS) is 11.4. The van der Waals surface area contributed by atoms with Gasteiger partial charge in [-0.25, -0.2) is 0 Å². The summed E-state index contributed by atoms with van der Waals surface area (Å²) in [6.45, 7) is 1.53. The molecule has 0 saturated heterocycles. The summed E-state index contributed by atoms with van der Waals surface area (Å²) in [5.41, 5.74) is 1.15. The number of esters is 1. The van der Waals surface area contributed by atoms with Crippen molar-refractivity contribution in [2.24, 2.45) is 0 Å². The van der Waals surface area contributed by atoms with Crippen LogP contribution in [0.4, 0.5) is 0 Å². The lowest BCUT2D eigenvalue weighted by atomic mass is 10.1. The van der Waals surface area contributed by atoms with E-state index >= 15 is 0 Å². The van der Waals surface area contributed by atoms with Gasteiger partial charge < -0.3 is 28.8 Å². The molecule has 26 heavy (non-hydrogen) atoms. The van der Waals surface area contributed by atoms with E-state index in [1.165, 1.54) is 28.3 Å². The Morgan fingerprint density at radius 3 is 2.00 bits per heavy atom. The van der Waals surface area contributed by atoms with Gasteiger partial charge in [-0.15, -0.1) is 0 Å². The smallest absolute Gasteiger partial charge is 0.302 e. The first-order chi connectivity index (χ1) is 12.5. The molecule has 7 nitrogen and oxygen atoms in total. The molecular formula is C19H22O7. The van der Waals surface area contributed by atoms with E-state index < -0.39 is 6.29 Å². The molecule has 0 saturated carbocycles. The van der Waals surface area contributed by atoms with Crippen LogP contribution in [0.15, 0.2) is 36.4 Å². The fraction of sp³-hybridized carbons (Fsp3) is 0.316. The van der Waals surface area contributed by atoms with Gasteiger partial charge in [0.15, 0.2) is 0 Å². The number of methoxy groups -OCH3 is 3. The molecule has 0 aliphatic heterocycles. The Kier molecular flexibility index (Phi) is 6.68. The predicted molar refractivity (Wildman–Crippen MR) is 93.6 cm³/mol. The third kappa shape index (κ3) is 4.80. The number of carbonyl (C=O) groups excluding carboxylic acids is 1. The molecule has 1 N–H and O–H groups in total. The number of hydrogen-bond donors (Lipinski definition) is 1. The molecule has 0 amide bonds. The fourth-order valence-corrected chi connectivity index (χ4v) is 2.31. The van der Waals surface area contributed by atoms with Gasteiger partial charge in [-0.05, 0) is 17.7 Å². The second-order valence-electron chi connectivity index (χ2n) is 5.34. The molecule has 2 aromatic rings. The van der Waals surface area contributed by atoms with Crippen LogP contribution < -0.4 is 18.9 Å². The van der Waals surface area contributed by atoms with Gasteiger partial charge in [-0.3, -0.25) is 4.79 Å². The molecule has 0 bridgehead atoms. The average Bonchev–Trinajstić information content (AvgIpc) is 2.65. The molecule has 2 aromatic carbocycles. The summed E-state index contributed by atoms with van der Waals surface area (Å²) in [5.74, 6) is 1.37. The zero-order valence-electron chi connectivity index (χ0n) is 15.1. The molecule has 0 radical (unpaired) electrons. The first-order valence-electron chi connectivity index (χ1n) is 7.85. The van der Waals surface area contributed by atoms with Gasteiger partial charge in [-0.1, -0.05) is 12.1 Å². The van der Waals surface area contributed by atoms with Crippen LogP contribution in [0.5, 0.6) is 23.0 Å². The lowest BCUT2D eigenvalue weighted by Crippen LogP contribution is -2.10. The molecule has 0 aromatic heterocycles. The molecular weight excluding hydrogens is 340 g/mol. The van der Waals surface area contributed by atoms with E-state index in [-0.39, 0.29) is 12.6 Å². The highest BCUT2D eigenvalue weighted by Crippen LogP contribution is 2.39. The van der Waals surface area contributed by atoms with Gasteiger partial charge in [-0.2, -0.15) is 0 Å². The lowest BCUT2D eigenvalue weighted by molar-refractivity contribution is -0.142. The van der Waals surface area contributed by atoms with Crippen LogP contribution in [0, 0.1) is 0 Å². The maximum absolute atomic E-state index is 10.8. The molecule has 1 unspecified atom stereocenters. The maximum Gasteiger partial charge on any atom is 0.302 e. The molecule has 140 valence electrons. The van der Waals surface area contributed by atoms with Crippen molar-refractivity contribution in [1.29, 1.82) is 0 Å². The predicted octanol–water partition coefficient (Wildman–Crippen LogP) is 2.85. The first kappa shape index (κ1) is 19.4. The number of carbonyl (C=O) groups is 1. The molecule has 0 fully saturated rings. The van der Waals surface area contributed by atoms with Gasteiger partial charge in [0.2, 0.25) is 6.29 Å². The monoisotopic (exact) mass is 362 g/mol. The highest BCUT2D eigenvalue weighted by molar-refractivity contribution is 5.65. The second-order valence-corrected chi connectivity index (χ2v) is 5.34. The second kappa shape index (κ2) is 8.96. The fourth-order valence-electron chi connectivity index (χ4n) is 2.31. The van der Waals surface area contributed by atoms with Crippen LogP contribution in [0.25, 0.3) is 0 Å². The van der Waals surface area contributed by atoms with Crippen molar-refractivity contribution in [2.75, 3.05) is 21.3 Å². The average molecular weight is 362 g/mol. The van der Waals surface area contributed by atoms with Gasteiger partial charge in [0.05, 0.1) is 21.3 Å². The molecule has 1 atom stereocenters. The first-order valence-corrected chi connectivity index (χ1v) is 7.85. The number of aliphatic hydroxyl groups is 1. The van der Waals surface area contributed by atoms with Crippen LogP contribution >= 0.6 is 0 Å². The highest BCUT2D eigenvalue weighted by atomic mass is 16.6. The van der Waals surface area contributed by atoms with Crippen molar-refractivity contribution in [3.05, 3.63) is 47.5 Å². The van der Waals surface area contributed by atoms with Crippen molar-refractivity contribution >= 4 is 5.97 Å². The van der Waals surface area contributed by atoms with Crippen molar-refractivity contribution in [3.63, 3.8) is 0 Å². The van der Waals surface area contributed by atoms with E-state index in [0.717, 1.165) is 5.56 Å². The van der Waals surface area contributed by atoms with E-state index in [1.54, 1.807) is 36.4 Å². The largest absolute Gasteiger partial charge is 0.496 e. The van der Waals surface area contributed by atoms with Crippen molar-refractivity contribution < 1.29 is 33.6 Å². The van der Waals surface area contributed by atoms with Gasteiger partial charge >= 0.3 is 5.97 Å². The van der Waals surface area contributed by atoms with Gasteiger partial charge in [0.1, 0.15) is 35.2 Å². The maximum atomic E-state index is 10.8. The minimum absolute atomic E-state index is 0.179. The Morgan fingerprint density at radius 2 is 1.54 bits per heavy atom. The number of ether oxygens (including phenoxy) is 5. The molecule has 0 spiro atoms. The Bertz CT molecular complexity index is 715. The summed E-state index contributed by atoms with van der Waals surface area (Å²) in [5, 5.41) is 10.5. The highest BCUT2D eigenvalue weighted by Gasteiger charge is 2.22. The summed E-state index contributed by atoms with van der Waals surface area (Å²) in [6.07, 6.45) is -1.31. The lowest BCUT2D eigenvalue weighted by Gasteiger charge is -2.20.